The molecule has 0 heterocycles. The summed E-state index contributed by atoms with van der Waals surface area (Å²) in [5.74, 6) is 0.890. The highest BCUT2D eigenvalue weighted by Gasteiger charge is 2.29. The van der Waals surface area contributed by atoms with Gasteiger partial charge in [-0.1, -0.05) is 19.8 Å². The molecule has 17 heavy (non-hydrogen) atoms. The van der Waals surface area contributed by atoms with Gasteiger partial charge in [0.25, 0.3) is 0 Å². The van der Waals surface area contributed by atoms with E-state index in [-0.39, 0.29) is 11.8 Å². The molecule has 5 heteroatoms. The van der Waals surface area contributed by atoms with Gasteiger partial charge in [-0.05, 0) is 38.1 Å². The fraction of sp³-hybridized carbons (Fsp3) is 1.00. The number of nitrogens with two attached hydrogens (primary N) is 1. The lowest BCUT2D eigenvalue weighted by molar-refractivity contribution is 0.239. The molecule has 1 fully saturated rings. The summed E-state index contributed by atoms with van der Waals surface area (Å²) in [6.07, 6.45) is 5.86. The van der Waals surface area contributed by atoms with Crippen LogP contribution in [0.5, 0.6) is 0 Å². The molecule has 1 aliphatic rings. The Morgan fingerprint density at radius 3 is 2.59 bits per heavy atom. The number of sulfonamides is 1. The lowest BCUT2D eigenvalue weighted by atomic mass is 9.87. The van der Waals surface area contributed by atoms with Crippen molar-refractivity contribution in [3.05, 3.63) is 0 Å². The minimum Gasteiger partial charge on any atom is -0.330 e. The maximum absolute atomic E-state index is 12.1. The fourth-order valence-electron chi connectivity index (χ4n) is 2.53. The van der Waals surface area contributed by atoms with E-state index in [0.29, 0.717) is 18.9 Å². The fourth-order valence-corrected chi connectivity index (χ4v) is 4.03. The zero-order valence-corrected chi connectivity index (χ0v) is 11.9. The molecule has 0 aliphatic heterocycles. The Kier molecular flexibility index (Phi) is 5.89. The molecule has 0 aromatic heterocycles. The predicted octanol–water partition coefficient (Wildman–Crippen LogP) is 1.57. The molecule has 1 rings (SSSR count). The summed E-state index contributed by atoms with van der Waals surface area (Å²) in [5.41, 5.74) is 5.39. The van der Waals surface area contributed by atoms with Gasteiger partial charge in [0.1, 0.15) is 0 Å². The van der Waals surface area contributed by atoms with Crippen molar-refractivity contribution in [3.63, 3.8) is 0 Å². The Morgan fingerprint density at radius 1 is 1.29 bits per heavy atom. The van der Waals surface area contributed by atoms with Gasteiger partial charge in [0.05, 0.1) is 5.75 Å². The van der Waals surface area contributed by atoms with Gasteiger partial charge in [0, 0.05) is 13.1 Å². The third-order valence-electron chi connectivity index (χ3n) is 3.72. The van der Waals surface area contributed by atoms with Gasteiger partial charge < -0.3 is 5.73 Å². The topological polar surface area (TPSA) is 63.4 Å². The molecule has 0 radical (unpaired) electrons. The van der Waals surface area contributed by atoms with Crippen molar-refractivity contribution in [2.45, 2.75) is 51.5 Å². The van der Waals surface area contributed by atoms with E-state index >= 15 is 0 Å². The van der Waals surface area contributed by atoms with E-state index in [1.807, 2.05) is 0 Å². The maximum Gasteiger partial charge on any atom is 0.214 e. The van der Waals surface area contributed by atoms with Crippen molar-refractivity contribution >= 4 is 10.0 Å². The summed E-state index contributed by atoms with van der Waals surface area (Å²) in [5, 5.41) is 0. The van der Waals surface area contributed by atoms with Gasteiger partial charge in [-0.25, -0.2) is 12.7 Å². The van der Waals surface area contributed by atoms with Gasteiger partial charge in [-0.15, -0.1) is 0 Å². The highest BCUT2D eigenvalue weighted by molar-refractivity contribution is 7.89. The highest BCUT2D eigenvalue weighted by atomic mass is 32.2. The molecule has 0 saturated heterocycles. The zero-order valence-electron chi connectivity index (χ0n) is 11.1. The number of unbranched alkanes of at least 4 members (excludes halogenated alkanes) is 1. The zero-order chi connectivity index (χ0) is 12.9. The van der Waals surface area contributed by atoms with Gasteiger partial charge in [-0.2, -0.15) is 0 Å². The monoisotopic (exact) mass is 262 g/mol. The van der Waals surface area contributed by atoms with Crippen molar-refractivity contribution in [1.82, 2.24) is 4.31 Å². The summed E-state index contributed by atoms with van der Waals surface area (Å²) < 4.78 is 25.8. The van der Waals surface area contributed by atoms with Crippen LogP contribution in [-0.4, -0.2) is 38.1 Å². The number of hydrogen-bond donors (Lipinski definition) is 1. The lowest BCUT2D eigenvalue weighted by Gasteiger charge is -2.33. The predicted molar refractivity (Wildman–Crippen MR) is 71.3 cm³/mol. The molecule has 0 spiro atoms. The van der Waals surface area contributed by atoms with Crippen molar-refractivity contribution in [1.29, 1.82) is 0 Å². The Morgan fingerprint density at radius 2 is 2.00 bits per heavy atom. The van der Waals surface area contributed by atoms with Crippen LogP contribution in [0.25, 0.3) is 0 Å². The molecule has 2 atom stereocenters. The molecule has 102 valence electrons. The van der Waals surface area contributed by atoms with E-state index in [1.54, 1.807) is 11.4 Å². The van der Waals surface area contributed by atoms with Gasteiger partial charge >= 0.3 is 0 Å². The number of nitrogens with zero attached hydrogens (tertiary/aromatic N) is 1. The summed E-state index contributed by atoms with van der Waals surface area (Å²) in [7, 11) is -1.34. The molecule has 2 N–H and O–H groups in total. The van der Waals surface area contributed by atoms with Crippen LogP contribution in [0.15, 0.2) is 0 Å². The average molecular weight is 262 g/mol. The molecule has 0 aromatic rings. The Hall–Kier alpha value is -0.130. The van der Waals surface area contributed by atoms with E-state index in [1.165, 1.54) is 6.42 Å². The molecular formula is C12H26N2O2S. The Balaban J connectivity index is 2.51. The first-order valence-electron chi connectivity index (χ1n) is 6.63. The SMILES string of the molecule is CC1CCCC(N(C)S(=O)(=O)CCCCN)C1. The van der Waals surface area contributed by atoms with E-state index in [0.717, 1.165) is 25.7 Å². The van der Waals surface area contributed by atoms with E-state index in [2.05, 4.69) is 6.92 Å². The summed E-state index contributed by atoms with van der Waals surface area (Å²) >= 11 is 0. The minimum atomic E-state index is -3.08. The standard InChI is InChI=1S/C12H26N2O2S/c1-11-6-5-7-12(10-11)14(2)17(15,16)9-4-3-8-13/h11-12H,3-10,13H2,1-2H3. The normalized spacial score (nSPS) is 26.4. The quantitative estimate of drug-likeness (QED) is 0.739. The van der Waals surface area contributed by atoms with Crippen molar-refractivity contribution in [2.24, 2.45) is 11.7 Å². The first-order valence-corrected chi connectivity index (χ1v) is 8.24. The largest absolute Gasteiger partial charge is 0.330 e. The van der Waals surface area contributed by atoms with E-state index < -0.39 is 10.0 Å². The smallest absolute Gasteiger partial charge is 0.214 e. The van der Waals surface area contributed by atoms with Crippen LogP contribution in [0.2, 0.25) is 0 Å². The first-order chi connectivity index (χ1) is 7.97. The maximum atomic E-state index is 12.1. The van der Waals surface area contributed by atoms with Crippen LogP contribution >= 0.6 is 0 Å². The number of hydrogen-bond acceptors (Lipinski definition) is 3. The third kappa shape index (κ3) is 4.56. The lowest BCUT2D eigenvalue weighted by Crippen LogP contribution is -2.41. The first kappa shape index (κ1) is 14.9. The third-order valence-corrected chi connectivity index (χ3v) is 5.70. The second-order valence-electron chi connectivity index (χ2n) is 5.25. The Bertz CT molecular complexity index is 316. The number of rotatable bonds is 6. The molecule has 0 bridgehead atoms. The summed E-state index contributed by atoms with van der Waals surface area (Å²) in [6, 6.07) is 0.210. The molecule has 0 amide bonds. The van der Waals surface area contributed by atoms with E-state index in [4.69, 9.17) is 5.73 Å². The minimum absolute atomic E-state index is 0.210. The van der Waals surface area contributed by atoms with Crippen LogP contribution in [0.1, 0.15) is 45.4 Å². The highest BCUT2D eigenvalue weighted by Crippen LogP contribution is 2.28. The van der Waals surface area contributed by atoms with Gasteiger partial charge in [0.2, 0.25) is 10.0 Å². The second-order valence-corrected chi connectivity index (χ2v) is 7.40. The molecule has 0 aromatic carbocycles. The van der Waals surface area contributed by atoms with E-state index in [9.17, 15) is 8.42 Å². The summed E-state index contributed by atoms with van der Waals surface area (Å²) in [6.45, 7) is 2.78. The van der Waals surface area contributed by atoms with Crippen LogP contribution in [0.3, 0.4) is 0 Å². The van der Waals surface area contributed by atoms with Gasteiger partial charge in [0.15, 0.2) is 0 Å². The molecule has 2 unspecified atom stereocenters. The van der Waals surface area contributed by atoms with Crippen molar-refractivity contribution in [2.75, 3.05) is 19.3 Å². The van der Waals surface area contributed by atoms with Crippen molar-refractivity contribution in [3.8, 4) is 0 Å². The molecule has 4 nitrogen and oxygen atoms in total. The molecule has 1 saturated carbocycles. The summed E-state index contributed by atoms with van der Waals surface area (Å²) in [4.78, 5) is 0. The molecule has 1 aliphatic carbocycles. The van der Waals surface area contributed by atoms with Crippen LogP contribution < -0.4 is 5.73 Å². The van der Waals surface area contributed by atoms with Crippen molar-refractivity contribution < 1.29 is 8.42 Å². The molecular weight excluding hydrogens is 236 g/mol. The second kappa shape index (κ2) is 6.71. The average Bonchev–Trinajstić information content (AvgIpc) is 2.28. The Labute approximate surface area is 106 Å². The van der Waals surface area contributed by atoms with Gasteiger partial charge in [-0.3, -0.25) is 0 Å². The van der Waals surface area contributed by atoms with Crippen LogP contribution in [0, 0.1) is 5.92 Å². The van der Waals surface area contributed by atoms with Crippen LogP contribution in [-0.2, 0) is 10.0 Å². The van der Waals surface area contributed by atoms with Crippen LogP contribution in [0.4, 0.5) is 0 Å².